The summed E-state index contributed by atoms with van der Waals surface area (Å²) in [5.74, 6) is 1.08. The number of anilines is 1. The van der Waals surface area contributed by atoms with Crippen molar-refractivity contribution in [1.29, 1.82) is 0 Å². The lowest BCUT2D eigenvalue weighted by atomic mass is 10.2. The molecule has 1 aromatic carbocycles. The van der Waals surface area contributed by atoms with Gasteiger partial charge in [-0.2, -0.15) is 0 Å². The smallest absolute Gasteiger partial charge is 0.236 e. The highest BCUT2D eigenvalue weighted by molar-refractivity contribution is 7.99. The molecule has 170 valence electrons. The molecule has 2 aliphatic rings. The first-order valence-corrected chi connectivity index (χ1v) is 12.3. The molecule has 0 unspecified atom stereocenters. The van der Waals surface area contributed by atoms with Crippen molar-refractivity contribution in [2.75, 3.05) is 63.0 Å². The molecule has 1 saturated heterocycles. The molecule has 0 spiro atoms. The van der Waals surface area contributed by atoms with Gasteiger partial charge in [-0.25, -0.2) is 0 Å². The van der Waals surface area contributed by atoms with Crippen LogP contribution in [0.2, 0.25) is 0 Å². The SMILES string of the molecule is CCN(CC)C(=O)CN1CCCN(C(=O)CCC(=O)N2CCSc3ccccc32)CC1. The molecule has 0 radical (unpaired) electrons. The fourth-order valence-corrected chi connectivity index (χ4v) is 5.18. The maximum absolute atomic E-state index is 12.8. The standard InChI is InChI=1S/C23H34N4O3S/c1-3-25(4-2)23(30)18-24-12-7-13-26(15-14-24)21(28)10-11-22(29)27-16-17-31-20-9-6-5-8-19(20)27/h5-6,8-9H,3-4,7,10-18H2,1-2H3. The number of para-hydroxylation sites is 1. The topological polar surface area (TPSA) is 64.2 Å². The van der Waals surface area contributed by atoms with Crippen molar-refractivity contribution in [3.8, 4) is 0 Å². The normalized spacial score (nSPS) is 17.1. The lowest BCUT2D eigenvalue weighted by Gasteiger charge is -2.29. The molecular formula is C23H34N4O3S. The van der Waals surface area contributed by atoms with Crippen LogP contribution in [-0.4, -0.2) is 90.5 Å². The van der Waals surface area contributed by atoms with E-state index < -0.39 is 0 Å². The first-order chi connectivity index (χ1) is 15.0. The van der Waals surface area contributed by atoms with Crippen LogP contribution in [0.4, 0.5) is 5.69 Å². The Morgan fingerprint density at radius 3 is 2.45 bits per heavy atom. The number of rotatable bonds is 7. The number of hydrogen-bond acceptors (Lipinski definition) is 5. The zero-order chi connectivity index (χ0) is 22.2. The first kappa shape index (κ1) is 23.6. The Morgan fingerprint density at radius 1 is 0.935 bits per heavy atom. The Morgan fingerprint density at radius 2 is 1.68 bits per heavy atom. The van der Waals surface area contributed by atoms with Crippen molar-refractivity contribution < 1.29 is 14.4 Å². The third kappa shape index (κ3) is 6.23. The van der Waals surface area contributed by atoms with Crippen LogP contribution in [0.1, 0.15) is 33.1 Å². The zero-order valence-corrected chi connectivity index (χ0v) is 19.5. The molecule has 0 saturated carbocycles. The summed E-state index contributed by atoms with van der Waals surface area (Å²) >= 11 is 1.77. The van der Waals surface area contributed by atoms with E-state index in [1.807, 2.05) is 52.8 Å². The van der Waals surface area contributed by atoms with Gasteiger partial charge in [0.2, 0.25) is 17.7 Å². The summed E-state index contributed by atoms with van der Waals surface area (Å²) in [6.45, 7) is 9.35. The van der Waals surface area contributed by atoms with E-state index in [4.69, 9.17) is 0 Å². The van der Waals surface area contributed by atoms with Gasteiger partial charge in [-0.3, -0.25) is 19.3 Å². The quantitative estimate of drug-likeness (QED) is 0.643. The van der Waals surface area contributed by atoms with Crippen molar-refractivity contribution in [3.63, 3.8) is 0 Å². The summed E-state index contributed by atoms with van der Waals surface area (Å²) in [6, 6.07) is 7.95. The number of fused-ring (bicyclic) bond motifs is 1. The van der Waals surface area contributed by atoms with E-state index >= 15 is 0 Å². The molecule has 2 heterocycles. The van der Waals surface area contributed by atoms with Crippen LogP contribution in [0.5, 0.6) is 0 Å². The number of carbonyl (C=O) groups excluding carboxylic acids is 3. The van der Waals surface area contributed by atoms with E-state index in [-0.39, 0.29) is 30.6 Å². The molecular weight excluding hydrogens is 412 g/mol. The molecule has 0 bridgehead atoms. The zero-order valence-electron chi connectivity index (χ0n) is 18.7. The molecule has 1 fully saturated rings. The highest BCUT2D eigenvalue weighted by atomic mass is 32.2. The third-order valence-electron chi connectivity index (χ3n) is 6.00. The maximum Gasteiger partial charge on any atom is 0.236 e. The Balaban J connectivity index is 1.47. The van der Waals surface area contributed by atoms with Gasteiger partial charge >= 0.3 is 0 Å². The van der Waals surface area contributed by atoms with E-state index in [1.54, 1.807) is 11.8 Å². The molecule has 8 heteroatoms. The Bertz CT molecular complexity index is 784. The minimum absolute atomic E-state index is 0.0161. The second-order valence-corrected chi connectivity index (χ2v) is 9.07. The van der Waals surface area contributed by atoms with Gasteiger partial charge in [0.25, 0.3) is 0 Å². The Kier molecular flexibility index (Phi) is 8.78. The Hall–Kier alpha value is -2.06. The fourth-order valence-electron chi connectivity index (χ4n) is 4.18. The number of amides is 3. The average molecular weight is 447 g/mol. The van der Waals surface area contributed by atoms with Gasteiger partial charge in [-0.1, -0.05) is 12.1 Å². The van der Waals surface area contributed by atoms with Gasteiger partial charge in [-0.05, 0) is 32.4 Å². The predicted molar refractivity (Wildman–Crippen MR) is 124 cm³/mol. The van der Waals surface area contributed by atoms with Crippen molar-refractivity contribution in [2.45, 2.75) is 38.0 Å². The molecule has 3 rings (SSSR count). The minimum atomic E-state index is 0.0161. The van der Waals surface area contributed by atoms with Gasteiger partial charge in [-0.15, -0.1) is 11.8 Å². The Labute approximate surface area is 189 Å². The molecule has 0 aromatic heterocycles. The number of likely N-dealkylation sites (N-methyl/N-ethyl adjacent to an activating group) is 1. The van der Waals surface area contributed by atoms with Crippen molar-refractivity contribution >= 4 is 35.2 Å². The van der Waals surface area contributed by atoms with E-state index in [9.17, 15) is 14.4 Å². The summed E-state index contributed by atoms with van der Waals surface area (Å²) < 4.78 is 0. The molecule has 2 aliphatic heterocycles. The molecule has 7 nitrogen and oxygen atoms in total. The summed E-state index contributed by atoms with van der Waals surface area (Å²) in [5.41, 5.74) is 0.958. The number of benzene rings is 1. The van der Waals surface area contributed by atoms with Crippen LogP contribution in [0.15, 0.2) is 29.2 Å². The number of hydrogen-bond donors (Lipinski definition) is 0. The average Bonchev–Trinajstić information content (AvgIpc) is 3.03. The van der Waals surface area contributed by atoms with Crippen molar-refractivity contribution in [1.82, 2.24) is 14.7 Å². The second-order valence-electron chi connectivity index (χ2n) is 7.94. The lowest BCUT2D eigenvalue weighted by Crippen LogP contribution is -2.42. The second kappa shape index (κ2) is 11.5. The van der Waals surface area contributed by atoms with E-state index in [0.717, 1.165) is 42.4 Å². The first-order valence-electron chi connectivity index (χ1n) is 11.3. The summed E-state index contributed by atoms with van der Waals surface area (Å²) in [4.78, 5) is 46.7. The van der Waals surface area contributed by atoms with Crippen molar-refractivity contribution in [3.05, 3.63) is 24.3 Å². The number of carbonyl (C=O) groups is 3. The van der Waals surface area contributed by atoms with Crippen LogP contribution in [0.3, 0.4) is 0 Å². The van der Waals surface area contributed by atoms with Crippen LogP contribution in [0, 0.1) is 0 Å². The van der Waals surface area contributed by atoms with Gasteiger partial charge < -0.3 is 14.7 Å². The lowest BCUT2D eigenvalue weighted by molar-refractivity contribution is -0.133. The van der Waals surface area contributed by atoms with Crippen LogP contribution >= 0.6 is 11.8 Å². The number of thioether (sulfide) groups is 1. The van der Waals surface area contributed by atoms with Crippen LogP contribution in [-0.2, 0) is 14.4 Å². The third-order valence-corrected chi connectivity index (χ3v) is 7.04. The molecule has 1 aromatic rings. The minimum Gasteiger partial charge on any atom is -0.342 e. The van der Waals surface area contributed by atoms with Crippen LogP contribution < -0.4 is 4.90 Å². The van der Waals surface area contributed by atoms with E-state index in [0.29, 0.717) is 32.7 Å². The predicted octanol–water partition coefficient (Wildman–Crippen LogP) is 2.31. The van der Waals surface area contributed by atoms with Gasteiger partial charge in [0, 0.05) is 69.3 Å². The maximum atomic E-state index is 12.8. The number of nitrogens with zero attached hydrogens (tertiary/aromatic N) is 4. The molecule has 31 heavy (non-hydrogen) atoms. The van der Waals surface area contributed by atoms with E-state index in [2.05, 4.69) is 4.90 Å². The molecule has 0 N–H and O–H groups in total. The molecule has 0 atom stereocenters. The highest BCUT2D eigenvalue weighted by Crippen LogP contribution is 2.34. The molecule has 0 aliphatic carbocycles. The van der Waals surface area contributed by atoms with Gasteiger partial charge in [0.05, 0.1) is 12.2 Å². The van der Waals surface area contributed by atoms with Crippen LogP contribution in [0.25, 0.3) is 0 Å². The summed E-state index contributed by atoms with van der Waals surface area (Å²) in [6.07, 6.45) is 1.32. The largest absolute Gasteiger partial charge is 0.342 e. The monoisotopic (exact) mass is 446 g/mol. The fraction of sp³-hybridized carbons (Fsp3) is 0.609. The van der Waals surface area contributed by atoms with E-state index in [1.165, 1.54) is 0 Å². The summed E-state index contributed by atoms with van der Waals surface area (Å²) in [7, 11) is 0. The summed E-state index contributed by atoms with van der Waals surface area (Å²) in [5, 5.41) is 0. The highest BCUT2D eigenvalue weighted by Gasteiger charge is 2.25. The van der Waals surface area contributed by atoms with Gasteiger partial charge in [0.15, 0.2) is 0 Å². The van der Waals surface area contributed by atoms with Gasteiger partial charge in [0.1, 0.15) is 0 Å². The molecule has 3 amide bonds. The van der Waals surface area contributed by atoms with Crippen molar-refractivity contribution in [2.24, 2.45) is 0 Å².